The van der Waals surface area contributed by atoms with E-state index in [1.807, 2.05) is 0 Å². The Morgan fingerprint density at radius 1 is 1.38 bits per heavy atom. The molecule has 0 aromatic heterocycles. The molecule has 0 aliphatic rings. The Morgan fingerprint density at radius 2 is 2.00 bits per heavy atom. The number of sulfonamides is 1. The van der Waals surface area contributed by atoms with E-state index in [9.17, 15) is 23.3 Å². The van der Waals surface area contributed by atoms with Crippen molar-refractivity contribution in [1.29, 1.82) is 0 Å². The monoisotopic (exact) mass is 356 g/mol. The molecule has 0 amide bonds. The average Bonchev–Trinajstić information content (AvgIpc) is 2.54. The van der Waals surface area contributed by atoms with Crippen LogP contribution in [0.15, 0.2) is 41.8 Å². The van der Waals surface area contributed by atoms with E-state index in [-0.39, 0.29) is 23.7 Å². The summed E-state index contributed by atoms with van der Waals surface area (Å²) in [5.74, 6) is -0.651. The third kappa shape index (κ3) is 5.43. The second kappa shape index (κ2) is 9.14. The fourth-order valence-electron chi connectivity index (χ4n) is 1.94. The highest BCUT2D eigenvalue weighted by atomic mass is 32.2. The van der Waals surface area contributed by atoms with Gasteiger partial charge in [-0.1, -0.05) is 6.08 Å². The lowest BCUT2D eigenvalue weighted by molar-refractivity contribution is -0.384. The van der Waals surface area contributed by atoms with E-state index >= 15 is 0 Å². The molecule has 132 valence electrons. The fourth-order valence-corrected chi connectivity index (χ4v) is 3.36. The lowest BCUT2D eigenvalue weighted by Gasteiger charge is -2.21. The van der Waals surface area contributed by atoms with Gasteiger partial charge in [-0.05, 0) is 31.9 Å². The van der Waals surface area contributed by atoms with Gasteiger partial charge in [0.25, 0.3) is 5.69 Å². The summed E-state index contributed by atoms with van der Waals surface area (Å²) < 4.78 is 31.2. The number of nitro benzene ring substituents is 1. The minimum absolute atomic E-state index is 0.115. The Hall–Kier alpha value is -2.26. The Morgan fingerprint density at radius 3 is 2.50 bits per heavy atom. The SMILES string of the molecule is C=CCCCN(CC(=O)OCC)S(=O)(=O)c1ccc([N+](=O)[O-])cc1. The topological polar surface area (TPSA) is 107 Å². The predicted molar refractivity (Wildman–Crippen MR) is 87.9 cm³/mol. The van der Waals surface area contributed by atoms with Crippen LogP contribution >= 0.6 is 0 Å². The van der Waals surface area contributed by atoms with Crippen LogP contribution in [0, 0.1) is 10.1 Å². The average molecular weight is 356 g/mol. The zero-order valence-corrected chi connectivity index (χ0v) is 14.2. The van der Waals surface area contributed by atoms with Gasteiger partial charge in [-0.25, -0.2) is 8.42 Å². The van der Waals surface area contributed by atoms with Gasteiger partial charge in [0.1, 0.15) is 6.54 Å². The Balaban J connectivity index is 3.04. The summed E-state index contributed by atoms with van der Waals surface area (Å²) in [4.78, 5) is 21.6. The van der Waals surface area contributed by atoms with Crippen molar-refractivity contribution < 1.29 is 22.9 Å². The first kappa shape index (κ1) is 19.8. The van der Waals surface area contributed by atoms with Crippen LogP contribution in [0.4, 0.5) is 5.69 Å². The highest BCUT2D eigenvalue weighted by Gasteiger charge is 2.27. The quantitative estimate of drug-likeness (QED) is 0.209. The van der Waals surface area contributed by atoms with E-state index in [4.69, 9.17) is 4.74 Å². The molecule has 1 rings (SSSR count). The number of ether oxygens (including phenoxy) is 1. The van der Waals surface area contributed by atoms with Crippen LogP contribution in [0.5, 0.6) is 0 Å². The first-order valence-corrected chi connectivity index (χ1v) is 8.78. The number of rotatable bonds is 10. The van der Waals surface area contributed by atoms with E-state index in [2.05, 4.69) is 6.58 Å². The number of esters is 1. The van der Waals surface area contributed by atoms with Crippen molar-refractivity contribution in [3.8, 4) is 0 Å². The zero-order chi connectivity index (χ0) is 18.2. The van der Waals surface area contributed by atoms with Gasteiger partial charge in [0.2, 0.25) is 10.0 Å². The lowest BCUT2D eigenvalue weighted by atomic mass is 10.3. The smallest absolute Gasteiger partial charge is 0.321 e. The Labute approximate surface area is 140 Å². The van der Waals surface area contributed by atoms with Crippen molar-refractivity contribution in [2.75, 3.05) is 19.7 Å². The van der Waals surface area contributed by atoms with Gasteiger partial charge in [-0.2, -0.15) is 4.31 Å². The molecule has 8 nitrogen and oxygen atoms in total. The highest BCUT2D eigenvalue weighted by molar-refractivity contribution is 7.89. The lowest BCUT2D eigenvalue weighted by Crippen LogP contribution is -2.37. The summed E-state index contributed by atoms with van der Waals surface area (Å²) in [5, 5.41) is 10.7. The molecule has 0 spiro atoms. The number of carbonyl (C=O) groups is 1. The molecule has 0 unspecified atom stereocenters. The standard InChI is InChI=1S/C15H20N2O6S/c1-3-5-6-11-16(12-15(18)23-4-2)24(21,22)14-9-7-13(8-10-14)17(19)20/h3,7-10H,1,4-6,11-12H2,2H3. The van der Waals surface area contributed by atoms with Gasteiger partial charge in [0.05, 0.1) is 16.4 Å². The molecule has 0 heterocycles. The summed E-state index contributed by atoms with van der Waals surface area (Å²) in [6, 6.07) is 4.52. The minimum atomic E-state index is -3.96. The number of nitrogens with zero attached hydrogens (tertiary/aromatic N) is 2. The molecule has 0 atom stereocenters. The largest absolute Gasteiger partial charge is 0.465 e. The molecule has 0 N–H and O–H groups in total. The van der Waals surface area contributed by atoms with Crippen LogP contribution < -0.4 is 0 Å². The maximum absolute atomic E-state index is 12.7. The number of allylic oxidation sites excluding steroid dienone is 1. The van der Waals surface area contributed by atoms with Crippen molar-refractivity contribution in [3.63, 3.8) is 0 Å². The first-order valence-electron chi connectivity index (χ1n) is 7.34. The second-order valence-corrected chi connectivity index (χ2v) is 6.76. The fraction of sp³-hybridized carbons (Fsp3) is 0.400. The molecule has 0 aliphatic heterocycles. The number of nitro groups is 1. The summed E-state index contributed by atoms with van der Waals surface area (Å²) in [6.45, 7) is 5.05. The zero-order valence-electron chi connectivity index (χ0n) is 13.4. The van der Waals surface area contributed by atoms with E-state index in [0.29, 0.717) is 12.8 Å². The van der Waals surface area contributed by atoms with Crippen LogP contribution in [0.3, 0.4) is 0 Å². The van der Waals surface area contributed by atoms with Gasteiger partial charge < -0.3 is 4.74 Å². The molecule has 0 bridgehead atoms. The Bertz CT molecular complexity index is 684. The van der Waals surface area contributed by atoms with Crippen LogP contribution in [0.25, 0.3) is 0 Å². The number of benzene rings is 1. The van der Waals surface area contributed by atoms with Gasteiger partial charge >= 0.3 is 5.97 Å². The van der Waals surface area contributed by atoms with E-state index < -0.39 is 27.5 Å². The maximum atomic E-state index is 12.7. The molecule has 0 saturated carbocycles. The number of hydrogen-bond donors (Lipinski definition) is 0. The van der Waals surface area contributed by atoms with Crippen LogP contribution in [-0.2, 0) is 19.6 Å². The summed E-state index contributed by atoms with van der Waals surface area (Å²) >= 11 is 0. The molecule has 1 aromatic carbocycles. The number of hydrogen-bond acceptors (Lipinski definition) is 6. The van der Waals surface area contributed by atoms with Crippen molar-refractivity contribution >= 4 is 21.7 Å². The van der Waals surface area contributed by atoms with Crippen molar-refractivity contribution in [3.05, 3.63) is 47.0 Å². The predicted octanol–water partition coefficient (Wildman–Crippen LogP) is 2.11. The first-order chi connectivity index (χ1) is 11.3. The summed E-state index contributed by atoms with van der Waals surface area (Å²) in [5.41, 5.74) is -0.211. The summed E-state index contributed by atoms with van der Waals surface area (Å²) in [6.07, 6.45) is 2.74. The third-order valence-electron chi connectivity index (χ3n) is 3.11. The molecular weight excluding hydrogens is 336 g/mol. The van der Waals surface area contributed by atoms with Crippen LogP contribution in [0.1, 0.15) is 19.8 Å². The minimum Gasteiger partial charge on any atom is -0.465 e. The normalized spacial score (nSPS) is 11.2. The highest BCUT2D eigenvalue weighted by Crippen LogP contribution is 2.20. The van der Waals surface area contributed by atoms with Gasteiger partial charge in [0.15, 0.2) is 0 Å². The molecular formula is C15H20N2O6S. The number of carbonyl (C=O) groups excluding carboxylic acids is 1. The van der Waals surface area contributed by atoms with Crippen molar-refractivity contribution in [2.45, 2.75) is 24.7 Å². The number of unbranched alkanes of at least 4 members (excludes halogenated alkanes) is 1. The van der Waals surface area contributed by atoms with Gasteiger partial charge in [0, 0.05) is 18.7 Å². The van der Waals surface area contributed by atoms with Gasteiger partial charge in [-0.15, -0.1) is 6.58 Å². The van der Waals surface area contributed by atoms with Crippen molar-refractivity contribution in [1.82, 2.24) is 4.31 Å². The van der Waals surface area contributed by atoms with E-state index in [1.165, 1.54) is 0 Å². The molecule has 1 aromatic rings. The van der Waals surface area contributed by atoms with Gasteiger partial charge in [-0.3, -0.25) is 14.9 Å². The number of non-ortho nitro benzene ring substituents is 1. The molecule has 24 heavy (non-hydrogen) atoms. The van der Waals surface area contributed by atoms with Crippen LogP contribution in [0.2, 0.25) is 0 Å². The molecule has 0 aliphatic carbocycles. The third-order valence-corrected chi connectivity index (χ3v) is 4.97. The van der Waals surface area contributed by atoms with E-state index in [0.717, 1.165) is 28.6 Å². The van der Waals surface area contributed by atoms with Crippen LogP contribution in [-0.4, -0.2) is 43.3 Å². The second-order valence-electron chi connectivity index (χ2n) is 4.83. The van der Waals surface area contributed by atoms with Crippen molar-refractivity contribution in [2.24, 2.45) is 0 Å². The maximum Gasteiger partial charge on any atom is 0.321 e. The molecule has 0 fully saturated rings. The molecule has 0 radical (unpaired) electrons. The Kier molecular flexibility index (Phi) is 7.53. The molecule has 9 heteroatoms. The summed E-state index contributed by atoms with van der Waals surface area (Å²) in [7, 11) is -3.96. The molecule has 0 saturated heterocycles. The van der Waals surface area contributed by atoms with E-state index in [1.54, 1.807) is 13.0 Å².